The second kappa shape index (κ2) is 7.15. The van der Waals surface area contributed by atoms with Gasteiger partial charge in [0.2, 0.25) is 5.91 Å². The summed E-state index contributed by atoms with van der Waals surface area (Å²) >= 11 is 0. The smallest absolute Gasteiger partial charge is 0.261 e. The van der Waals surface area contributed by atoms with Crippen molar-refractivity contribution in [1.29, 1.82) is 0 Å². The van der Waals surface area contributed by atoms with E-state index in [9.17, 15) is 9.59 Å². The molecule has 0 spiro atoms. The molecule has 2 aliphatic carbocycles. The summed E-state index contributed by atoms with van der Waals surface area (Å²) in [5.74, 6) is 1.63. The SMILES string of the molecule is O=C(NC1CC1)C1CCCN1C(=O)COc1ccc2oc3c(c2c1)CCCC3. The van der Waals surface area contributed by atoms with Crippen molar-refractivity contribution in [3.63, 3.8) is 0 Å². The number of nitrogens with zero attached hydrogens (tertiary/aromatic N) is 1. The zero-order valence-corrected chi connectivity index (χ0v) is 16.0. The zero-order chi connectivity index (χ0) is 19.1. The number of amides is 2. The van der Waals surface area contributed by atoms with Crippen LogP contribution < -0.4 is 10.1 Å². The Bertz CT molecular complexity index is 915. The predicted molar refractivity (Wildman–Crippen MR) is 104 cm³/mol. The van der Waals surface area contributed by atoms with E-state index < -0.39 is 0 Å². The molecule has 6 heteroatoms. The first-order valence-corrected chi connectivity index (χ1v) is 10.5. The summed E-state index contributed by atoms with van der Waals surface area (Å²) in [6.07, 6.45) is 8.10. The molecule has 2 aromatic rings. The van der Waals surface area contributed by atoms with Gasteiger partial charge in [-0.15, -0.1) is 0 Å². The van der Waals surface area contributed by atoms with Crippen molar-refractivity contribution in [3.05, 3.63) is 29.5 Å². The Morgan fingerprint density at radius 3 is 2.86 bits per heavy atom. The van der Waals surface area contributed by atoms with E-state index in [-0.39, 0.29) is 24.5 Å². The standard InChI is InChI=1S/C22H26N2O4/c25-21(24-11-3-5-18(24)22(26)23-14-7-8-14)13-27-15-9-10-20-17(12-15)16-4-1-2-6-19(16)28-20/h9-10,12,14,18H,1-8,11,13H2,(H,23,26). The van der Waals surface area contributed by atoms with Crippen molar-refractivity contribution < 1.29 is 18.7 Å². The van der Waals surface area contributed by atoms with Crippen LogP contribution in [-0.4, -0.2) is 41.9 Å². The molecule has 0 radical (unpaired) electrons. The molecule has 1 aromatic heterocycles. The van der Waals surface area contributed by atoms with Gasteiger partial charge in [0.05, 0.1) is 0 Å². The Labute approximate surface area is 164 Å². The molecule has 1 atom stereocenters. The molecule has 5 rings (SSSR count). The van der Waals surface area contributed by atoms with E-state index in [1.807, 2.05) is 18.2 Å². The summed E-state index contributed by atoms with van der Waals surface area (Å²) in [6.45, 7) is 0.581. The first-order chi connectivity index (χ1) is 13.7. The van der Waals surface area contributed by atoms with Crippen LogP contribution in [0.5, 0.6) is 5.75 Å². The van der Waals surface area contributed by atoms with Gasteiger partial charge < -0.3 is 19.4 Å². The van der Waals surface area contributed by atoms with E-state index in [0.717, 1.165) is 55.3 Å². The maximum atomic E-state index is 12.7. The van der Waals surface area contributed by atoms with Gasteiger partial charge in [0.25, 0.3) is 5.91 Å². The van der Waals surface area contributed by atoms with Gasteiger partial charge in [0, 0.05) is 30.0 Å². The lowest BCUT2D eigenvalue weighted by Crippen LogP contribution is -2.47. The van der Waals surface area contributed by atoms with Gasteiger partial charge in [0.15, 0.2) is 6.61 Å². The lowest BCUT2D eigenvalue weighted by atomic mass is 9.96. The third-order valence-corrected chi connectivity index (χ3v) is 6.09. The van der Waals surface area contributed by atoms with E-state index in [4.69, 9.17) is 9.15 Å². The predicted octanol–water partition coefficient (Wildman–Crippen LogP) is 2.96. The summed E-state index contributed by atoms with van der Waals surface area (Å²) in [5, 5.41) is 4.12. The number of rotatable bonds is 5. The van der Waals surface area contributed by atoms with Crippen LogP contribution in [0.25, 0.3) is 11.0 Å². The van der Waals surface area contributed by atoms with Gasteiger partial charge >= 0.3 is 0 Å². The van der Waals surface area contributed by atoms with E-state index >= 15 is 0 Å². The van der Waals surface area contributed by atoms with E-state index in [0.29, 0.717) is 18.3 Å². The Hall–Kier alpha value is -2.50. The van der Waals surface area contributed by atoms with Crippen LogP contribution in [0.1, 0.15) is 49.8 Å². The molecule has 1 saturated heterocycles. The number of hydrogen-bond donors (Lipinski definition) is 1. The first kappa shape index (κ1) is 17.6. The van der Waals surface area contributed by atoms with Crippen LogP contribution in [0.4, 0.5) is 0 Å². The molecule has 1 aromatic carbocycles. The number of carbonyl (C=O) groups excluding carboxylic acids is 2. The van der Waals surface area contributed by atoms with E-state index in [2.05, 4.69) is 5.32 Å². The molecule has 2 heterocycles. The number of likely N-dealkylation sites (tertiary alicyclic amines) is 1. The minimum absolute atomic E-state index is 0.0141. The number of furan rings is 1. The molecule has 0 bridgehead atoms. The number of fused-ring (bicyclic) bond motifs is 3. The number of hydrogen-bond acceptors (Lipinski definition) is 4. The summed E-state index contributed by atoms with van der Waals surface area (Å²) in [4.78, 5) is 26.7. The highest BCUT2D eigenvalue weighted by molar-refractivity contribution is 5.89. The van der Waals surface area contributed by atoms with E-state index in [1.165, 1.54) is 18.4 Å². The molecule has 1 saturated carbocycles. The van der Waals surface area contributed by atoms with Gasteiger partial charge in [-0.3, -0.25) is 9.59 Å². The minimum Gasteiger partial charge on any atom is -0.484 e. The van der Waals surface area contributed by atoms with Crippen molar-refractivity contribution in [1.82, 2.24) is 10.2 Å². The highest BCUT2D eigenvalue weighted by Gasteiger charge is 2.36. The molecule has 6 nitrogen and oxygen atoms in total. The van der Waals surface area contributed by atoms with E-state index in [1.54, 1.807) is 4.90 Å². The lowest BCUT2D eigenvalue weighted by molar-refractivity contribution is -0.140. The number of carbonyl (C=O) groups is 2. The molecule has 1 aliphatic heterocycles. The van der Waals surface area contributed by atoms with Crippen LogP contribution in [0.15, 0.2) is 22.6 Å². The van der Waals surface area contributed by atoms with Crippen molar-refractivity contribution >= 4 is 22.8 Å². The topological polar surface area (TPSA) is 71.8 Å². The van der Waals surface area contributed by atoms with Gasteiger partial charge in [0.1, 0.15) is 23.1 Å². The average molecular weight is 382 g/mol. The molecule has 28 heavy (non-hydrogen) atoms. The summed E-state index contributed by atoms with van der Waals surface area (Å²) in [7, 11) is 0. The first-order valence-electron chi connectivity index (χ1n) is 10.5. The third-order valence-electron chi connectivity index (χ3n) is 6.09. The maximum absolute atomic E-state index is 12.7. The Morgan fingerprint density at radius 2 is 2.00 bits per heavy atom. The van der Waals surface area contributed by atoms with Crippen LogP contribution in [0.3, 0.4) is 0 Å². The highest BCUT2D eigenvalue weighted by atomic mass is 16.5. The average Bonchev–Trinajstić information content (AvgIpc) is 3.26. The fourth-order valence-electron chi connectivity index (χ4n) is 4.42. The number of aryl methyl sites for hydroxylation is 2. The molecule has 1 unspecified atom stereocenters. The fourth-order valence-corrected chi connectivity index (χ4v) is 4.42. The quantitative estimate of drug-likeness (QED) is 0.863. The summed E-state index contributed by atoms with van der Waals surface area (Å²) < 4.78 is 11.8. The number of nitrogens with one attached hydrogen (secondary N) is 1. The van der Waals surface area contributed by atoms with Crippen molar-refractivity contribution in [2.45, 2.75) is 63.5 Å². The molecular formula is C22H26N2O4. The van der Waals surface area contributed by atoms with Gasteiger partial charge in [-0.25, -0.2) is 0 Å². The third kappa shape index (κ3) is 3.36. The summed E-state index contributed by atoms with van der Waals surface area (Å²) in [5.41, 5.74) is 2.18. The molecule has 2 fully saturated rings. The van der Waals surface area contributed by atoms with Crippen molar-refractivity contribution in [2.24, 2.45) is 0 Å². The molecule has 3 aliphatic rings. The molecule has 148 valence electrons. The molecular weight excluding hydrogens is 356 g/mol. The Kier molecular flexibility index (Phi) is 4.49. The largest absolute Gasteiger partial charge is 0.484 e. The molecule has 1 N–H and O–H groups in total. The Balaban J connectivity index is 1.25. The van der Waals surface area contributed by atoms with Crippen molar-refractivity contribution in [3.8, 4) is 5.75 Å². The second-order valence-electron chi connectivity index (χ2n) is 8.19. The van der Waals surface area contributed by atoms with Gasteiger partial charge in [-0.05, 0) is 63.1 Å². The number of ether oxygens (including phenoxy) is 1. The second-order valence-corrected chi connectivity index (χ2v) is 8.19. The maximum Gasteiger partial charge on any atom is 0.261 e. The van der Waals surface area contributed by atoms with Crippen LogP contribution >= 0.6 is 0 Å². The van der Waals surface area contributed by atoms with Crippen LogP contribution in [0, 0.1) is 0 Å². The monoisotopic (exact) mass is 382 g/mol. The Morgan fingerprint density at radius 1 is 1.14 bits per heavy atom. The van der Waals surface area contributed by atoms with Gasteiger partial charge in [-0.1, -0.05) is 0 Å². The van der Waals surface area contributed by atoms with Crippen LogP contribution in [0.2, 0.25) is 0 Å². The van der Waals surface area contributed by atoms with Crippen LogP contribution in [-0.2, 0) is 22.4 Å². The molecule has 2 amide bonds. The van der Waals surface area contributed by atoms with Gasteiger partial charge in [-0.2, -0.15) is 0 Å². The normalized spacial score (nSPS) is 21.6. The summed E-state index contributed by atoms with van der Waals surface area (Å²) in [6, 6.07) is 5.73. The number of benzene rings is 1. The highest BCUT2D eigenvalue weighted by Crippen LogP contribution is 2.34. The lowest BCUT2D eigenvalue weighted by Gasteiger charge is -2.24. The zero-order valence-electron chi connectivity index (χ0n) is 16.0. The van der Waals surface area contributed by atoms with Crippen molar-refractivity contribution in [2.75, 3.05) is 13.2 Å². The fraction of sp³-hybridized carbons (Fsp3) is 0.545. The minimum atomic E-state index is -0.347.